The normalized spacial score (nSPS) is 16.3. The smallest absolute Gasteiger partial charge is 0.338 e. The van der Waals surface area contributed by atoms with E-state index in [1.807, 2.05) is 4.90 Å². The second-order valence-electron chi connectivity index (χ2n) is 7.10. The van der Waals surface area contributed by atoms with Gasteiger partial charge in [-0.25, -0.2) is 4.79 Å². The summed E-state index contributed by atoms with van der Waals surface area (Å²) in [4.78, 5) is 37.1. The summed E-state index contributed by atoms with van der Waals surface area (Å²) in [6, 6.07) is 5.74. The van der Waals surface area contributed by atoms with E-state index in [0.29, 0.717) is 17.4 Å². The summed E-state index contributed by atoms with van der Waals surface area (Å²) in [5.74, 6) is -0.245. The molecule has 0 aliphatic carbocycles. The quantitative estimate of drug-likeness (QED) is 0.444. The van der Waals surface area contributed by atoms with Gasteiger partial charge < -0.3 is 19.5 Å². The van der Waals surface area contributed by atoms with Crippen molar-refractivity contribution in [3.05, 3.63) is 45.7 Å². The third-order valence-corrected chi connectivity index (χ3v) is 4.64. The van der Waals surface area contributed by atoms with Gasteiger partial charge in [-0.2, -0.15) is 0 Å². The second kappa shape index (κ2) is 8.72. The van der Waals surface area contributed by atoms with Crippen LogP contribution in [0.15, 0.2) is 28.8 Å². The van der Waals surface area contributed by atoms with Gasteiger partial charge in [0.2, 0.25) is 0 Å². The summed E-state index contributed by atoms with van der Waals surface area (Å²) < 4.78 is 9.78. The average Bonchev–Trinajstić information content (AvgIpc) is 3.10. The molecule has 1 unspecified atom stereocenters. The number of aryl methyl sites for hydroxylation is 1. The molecular formula is C19H22N4O6. The van der Waals surface area contributed by atoms with Crippen molar-refractivity contribution >= 4 is 29.1 Å². The van der Waals surface area contributed by atoms with E-state index < -0.39 is 23.4 Å². The Morgan fingerprint density at radius 3 is 2.86 bits per heavy atom. The number of benzene rings is 1. The van der Waals surface area contributed by atoms with Crippen LogP contribution >= 0.6 is 0 Å². The van der Waals surface area contributed by atoms with Gasteiger partial charge in [-0.15, -0.1) is 0 Å². The lowest BCUT2D eigenvalue weighted by Gasteiger charge is -2.32. The van der Waals surface area contributed by atoms with Crippen molar-refractivity contribution in [1.29, 1.82) is 0 Å². The number of nitrogens with one attached hydrogen (secondary N) is 1. The lowest BCUT2D eigenvalue weighted by Crippen LogP contribution is -2.34. The molecule has 0 bridgehead atoms. The first kappa shape index (κ1) is 20.3. The topological polar surface area (TPSA) is 128 Å². The molecule has 10 heteroatoms. The molecule has 10 nitrogen and oxygen atoms in total. The number of hydrogen-bond donors (Lipinski definition) is 1. The molecule has 0 radical (unpaired) electrons. The number of carbonyl (C=O) groups is 2. The van der Waals surface area contributed by atoms with Gasteiger partial charge in [0.1, 0.15) is 11.4 Å². The van der Waals surface area contributed by atoms with Gasteiger partial charge in [-0.1, -0.05) is 12.1 Å². The molecule has 1 aliphatic heterocycles. The van der Waals surface area contributed by atoms with E-state index in [0.717, 1.165) is 25.9 Å². The van der Waals surface area contributed by atoms with Gasteiger partial charge in [0.25, 0.3) is 11.6 Å². The van der Waals surface area contributed by atoms with Gasteiger partial charge >= 0.3 is 5.97 Å². The Hall–Kier alpha value is -3.43. The number of nitrogens with zero attached hydrogens (tertiary/aromatic N) is 3. The molecule has 0 spiro atoms. The molecule has 1 aliphatic rings. The van der Waals surface area contributed by atoms with Crippen molar-refractivity contribution in [1.82, 2.24) is 5.16 Å². The van der Waals surface area contributed by atoms with E-state index in [4.69, 9.17) is 9.26 Å². The van der Waals surface area contributed by atoms with Crippen LogP contribution in [0.5, 0.6) is 0 Å². The fraction of sp³-hybridized carbons (Fsp3) is 0.421. The van der Waals surface area contributed by atoms with E-state index in [1.165, 1.54) is 18.2 Å². The lowest BCUT2D eigenvalue weighted by molar-refractivity contribution is -0.384. The van der Waals surface area contributed by atoms with Gasteiger partial charge in [0.15, 0.2) is 12.4 Å². The molecule has 0 saturated carbocycles. The predicted octanol–water partition coefficient (Wildman–Crippen LogP) is 2.92. The number of nitro groups is 1. The molecular weight excluding hydrogens is 380 g/mol. The number of piperidine rings is 1. The van der Waals surface area contributed by atoms with Crippen LogP contribution in [-0.2, 0) is 9.53 Å². The predicted molar refractivity (Wildman–Crippen MR) is 104 cm³/mol. The Morgan fingerprint density at radius 1 is 1.41 bits per heavy atom. The molecule has 1 aromatic heterocycles. The van der Waals surface area contributed by atoms with E-state index in [1.54, 1.807) is 13.0 Å². The van der Waals surface area contributed by atoms with Crippen molar-refractivity contribution in [2.45, 2.75) is 26.7 Å². The summed E-state index contributed by atoms with van der Waals surface area (Å²) in [5.41, 5.74) is 0.337. The number of anilines is 2. The van der Waals surface area contributed by atoms with E-state index in [2.05, 4.69) is 17.4 Å². The molecule has 29 heavy (non-hydrogen) atoms. The fourth-order valence-corrected chi connectivity index (χ4v) is 3.29. The van der Waals surface area contributed by atoms with Gasteiger partial charge in [-0.3, -0.25) is 14.9 Å². The summed E-state index contributed by atoms with van der Waals surface area (Å²) in [6.45, 7) is 4.69. The molecule has 1 atom stereocenters. The van der Waals surface area contributed by atoms with E-state index in [-0.39, 0.29) is 17.1 Å². The summed E-state index contributed by atoms with van der Waals surface area (Å²) in [7, 11) is 0. The number of esters is 1. The Balaban J connectivity index is 1.66. The first-order valence-corrected chi connectivity index (χ1v) is 9.27. The highest BCUT2D eigenvalue weighted by Gasteiger charge is 2.25. The Labute approximate surface area is 166 Å². The Morgan fingerprint density at radius 2 is 2.21 bits per heavy atom. The van der Waals surface area contributed by atoms with Crippen molar-refractivity contribution in [2.24, 2.45) is 5.92 Å². The number of carbonyl (C=O) groups excluding carboxylic acids is 2. The van der Waals surface area contributed by atoms with Crippen molar-refractivity contribution in [3.63, 3.8) is 0 Å². The maximum Gasteiger partial charge on any atom is 0.338 e. The van der Waals surface area contributed by atoms with Crippen LogP contribution in [0.25, 0.3) is 0 Å². The number of nitro benzene ring substituents is 1. The van der Waals surface area contributed by atoms with Gasteiger partial charge in [0, 0.05) is 25.2 Å². The molecule has 2 aromatic rings. The van der Waals surface area contributed by atoms with Crippen LogP contribution in [0.4, 0.5) is 17.2 Å². The number of ether oxygens (including phenoxy) is 1. The minimum absolute atomic E-state index is 0.00980. The highest BCUT2D eigenvalue weighted by atomic mass is 16.6. The maximum absolute atomic E-state index is 12.2. The number of rotatable bonds is 6. The largest absolute Gasteiger partial charge is 0.452 e. The first-order valence-electron chi connectivity index (χ1n) is 9.27. The summed E-state index contributed by atoms with van der Waals surface area (Å²) >= 11 is 0. The molecule has 1 N–H and O–H groups in total. The van der Waals surface area contributed by atoms with Crippen LogP contribution in [0.2, 0.25) is 0 Å². The molecule has 1 fully saturated rings. The van der Waals surface area contributed by atoms with E-state index >= 15 is 0 Å². The highest BCUT2D eigenvalue weighted by molar-refractivity contribution is 5.95. The molecule has 154 valence electrons. The Bertz CT molecular complexity index is 925. The number of aromatic nitrogens is 1. The van der Waals surface area contributed by atoms with Gasteiger partial charge in [0.05, 0.1) is 10.5 Å². The highest BCUT2D eigenvalue weighted by Crippen LogP contribution is 2.32. The number of hydrogen-bond acceptors (Lipinski definition) is 8. The van der Waals surface area contributed by atoms with Crippen molar-refractivity contribution in [2.75, 3.05) is 29.9 Å². The average molecular weight is 402 g/mol. The summed E-state index contributed by atoms with van der Waals surface area (Å²) in [6.07, 6.45) is 2.05. The van der Waals surface area contributed by atoms with Crippen molar-refractivity contribution < 1.29 is 23.8 Å². The molecule has 2 heterocycles. The SMILES string of the molecule is Cc1cc(NC(=O)COC(=O)c2ccc(N3CCCC(C)C3)c([N+](=O)[O-])c2)no1. The maximum atomic E-state index is 12.2. The third kappa shape index (κ3) is 5.09. The minimum Gasteiger partial charge on any atom is -0.452 e. The molecule has 1 saturated heterocycles. The zero-order chi connectivity index (χ0) is 21.0. The first-order chi connectivity index (χ1) is 13.8. The van der Waals surface area contributed by atoms with Crippen LogP contribution in [0.1, 0.15) is 35.9 Å². The van der Waals surface area contributed by atoms with Crippen LogP contribution in [0, 0.1) is 23.0 Å². The monoisotopic (exact) mass is 402 g/mol. The van der Waals surface area contributed by atoms with E-state index in [9.17, 15) is 19.7 Å². The van der Waals surface area contributed by atoms with Gasteiger partial charge in [-0.05, 0) is 37.8 Å². The third-order valence-electron chi connectivity index (χ3n) is 4.64. The molecule has 3 rings (SSSR count). The minimum atomic E-state index is -0.821. The van der Waals surface area contributed by atoms with Crippen molar-refractivity contribution in [3.8, 4) is 0 Å². The zero-order valence-electron chi connectivity index (χ0n) is 16.2. The fourth-order valence-electron chi connectivity index (χ4n) is 3.29. The second-order valence-corrected chi connectivity index (χ2v) is 7.10. The lowest BCUT2D eigenvalue weighted by atomic mass is 9.99. The number of amides is 1. The van der Waals surface area contributed by atoms with Crippen LogP contribution in [-0.4, -0.2) is 41.7 Å². The molecule has 1 aromatic carbocycles. The zero-order valence-corrected chi connectivity index (χ0v) is 16.2. The van der Waals surface area contributed by atoms with Crippen LogP contribution < -0.4 is 10.2 Å². The standard InChI is InChI=1S/C19H22N4O6/c1-12-4-3-7-22(10-12)15-6-5-14(9-16(15)23(26)27)19(25)28-11-18(24)20-17-8-13(2)29-21-17/h5-6,8-9,12H,3-4,7,10-11H2,1-2H3,(H,20,21,24). The van der Waals surface area contributed by atoms with Crippen LogP contribution in [0.3, 0.4) is 0 Å². The summed E-state index contributed by atoms with van der Waals surface area (Å²) in [5, 5.41) is 17.6. The Kier molecular flexibility index (Phi) is 6.10. The molecule has 1 amide bonds.